The number of phenolic OH excluding ortho intramolecular Hbond substituents is 2. The highest BCUT2D eigenvalue weighted by molar-refractivity contribution is 5.85. The number of benzene rings is 1. The van der Waals surface area contributed by atoms with E-state index >= 15 is 0 Å². The summed E-state index contributed by atoms with van der Waals surface area (Å²) in [6, 6.07) is 4.40. The number of nitrogens with two attached hydrogens (primary N) is 1. The smallest absolute Gasteiger partial charge is 0.120 e. The average Bonchev–Trinajstić information content (AvgIpc) is 2.32. The van der Waals surface area contributed by atoms with Crippen LogP contribution in [0, 0.1) is 5.92 Å². The molecule has 4 N–H and O–H groups in total. The molecule has 1 aliphatic rings. The van der Waals surface area contributed by atoms with E-state index in [-0.39, 0.29) is 29.9 Å². The minimum atomic E-state index is -0.160. The van der Waals surface area contributed by atoms with E-state index in [9.17, 15) is 10.2 Å². The monoisotopic (exact) mass is 257 g/mol. The van der Waals surface area contributed by atoms with Gasteiger partial charge in [0.25, 0.3) is 0 Å². The van der Waals surface area contributed by atoms with Gasteiger partial charge in [0.2, 0.25) is 0 Å². The Morgan fingerprint density at radius 2 is 1.76 bits per heavy atom. The number of hydrogen-bond acceptors (Lipinski definition) is 3. The van der Waals surface area contributed by atoms with Crippen LogP contribution in [0.2, 0.25) is 0 Å². The zero-order valence-electron chi connectivity index (χ0n) is 9.80. The maximum atomic E-state index is 9.74. The molecule has 0 heterocycles. The molecule has 1 atom stereocenters. The van der Waals surface area contributed by atoms with Gasteiger partial charge in [0, 0.05) is 11.6 Å². The van der Waals surface area contributed by atoms with Crippen LogP contribution in [0.25, 0.3) is 0 Å². The first-order chi connectivity index (χ1) is 7.68. The van der Waals surface area contributed by atoms with E-state index in [1.165, 1.54) is 31.4 Å². The van der Waals surface area contributed by atoms with Crippen molar-refractivity contribution in [3.05, 3.63) is 23.8 Å². The zero-order valence-corrected chi connectivity index (χ0v) is 10.6. The highest BCUT2D eigenvalue weighted by Crippen LogP contribution is 2.37. The van der Waals surface area contributed by atoms with Gasteiger partial charge in [-0.1, -0.05) is 19.3 Å². The third kappa shape index (κ3) is 3.27. The van der Waals surface area contributed by atoms with Gasteiger partial charge in [0.05, 0.1) is 0 Å². The van der Waals surface area contributed by atoms with Crippen molar-refractivity contribution >= 4 is 12.4 Å². The Hall–Kier alpha value is -0.930. The summed E-state index contributed by atoms with van der Waals surface area (Å²) in [4.78, 5) is 0. The third-order valence-corrected chi connectivity index (χ3v) is 3.53. The molecule has 2 rings (SSSR count). The van der Waals surface area contributed by atoms with Gasteiger partial charge in [-0.05, 0) is 37.0 Å². The molecule has 17 heavy (non-hydrogen) atoms. The fraction of sp³-hybridized carbons (Fsp3) is 0.538. The zero-order chi connectivity index (χ0) is 11.5. The van der Waals surface area contributed by atoms with E-state index in [1.807, 2.05) is 0 Å². The summed E-state index contributed by atoms with van der Waals surface area (Å²) < 4.78 is 0. The molecule has 0 amide bonds. The lowest BCUT2D eigenvalue weighted by Crippen LogP contribution is -2.23. The van der Waals surface area contributed by atoms with Crippen LogP contribution in [0.1, 0.15) is 43.7 Å². The molecule has 1 aliphatic carbocycles. The standard InChI is InChI=1S/C13H19NO2.ClH/c14-13(9-4-2-1-3-5-9)11-8-10(15)6-7-12(11)16;/h6-9,13,15-16H,1-5,14H2;1H/t13-;/m1./s1. The number of rotatable bonds is 2. The van der Waals surface area contributed by atoms with Gasteiger partial charge >= 0.3 is 0 Å². The molecule has 0 radical (unpaired) electrons. The van der Waals surface area contributed by atoms with Gasteiger partial charge in [-0.15, -0.1) is 12.4 Å². The summed E-state index contributed by atoms with van der Waals surface area (Å²) in [6.45, 7) is 0. The second-order valence-electron chi connectivity index (χ2n) is 4.67. The molecule has 1 fully saturated rings. The number of aromatic hydroxyl groups is 2. The number of halogens is 1. The molecule has 0 bridgehead atoms. The van der Waals surface area contributed by atoms with E-state index in [2.05, 4.69) is 0 Å². The van der Waals surface area contributed by atoms with Crippen molar-refractivity contribution in [2.24, 2.45) is 11.7 Å². The van der Waals surface area contributed by atoms with E-state index < -0.39 is 0 Å². The Bertz CT molecular complexity index is 364. The first kappa shape index (κ1) is 14.1. The normalized spacial score (nSPS) is 18.4. The predicted molar refractivity (Wildman–Crippen MR) is 70.5 cm³/mol. The molecule has 0 spiro atoms. The van der Waals surface area contributed by atoms with Gasteiger partial charge < -0.3 is 15.9 Å². The van der Waals surface area contributed by atoms with Crippen molar-refractivity contribution in [1.29, 1.82) is 0 Å². The molecule has 1 aromatic rings. The van der Waals surface area contributed by atoms with Crippen molar-refractivity contribution < 1.29 is 10.2 Å². The minimum absolute atomic E-state index is 0. The largest absolute Gasteiger partial charge is 0.508 e. The minimum Gasteiger partial charge on any atom is -0.508 e. The Morgan fingerprint density at radius 1 is 1.12 bits per heavy atom. The van der Waals surface area contributed by atoms with E-state index in [1.54, 1.807) is 6.07 Å². The first-order valence-electron chi connectivity index (χ1n) is 5.96. The van der Waals surface area contributed by atoms with E-state index in [0.29, 0.717) is 11.5 Å². The maximum Gasteiger partial charge on any atom is 0.120 e. The summed E-state index contributed by atoms with van der Waals surface area (Å²) in [5.41, 5.74) is 6.84. The Morgan fingerprint density at radius 3 is 2.41 bits per heavy atom. The summed E-state index contributed by atoms with van der Waals surface area (Å²) in [6.07, 6.45) is 5.97. The molecule has 0 saturated heterocycles. The first-order valence-corrected chi connectivity index (χ1v) is 5.96. The third-order valence-electron chi connectivity index (χ3n) is 3.53. The number of hydrogen-bond donors (Lipinski definition) is 3. The topological polar surface area (TPSA) is 66.5 Å². The van der Waals surface area contributed by atoms with Gasteiger partial charge in [-0.25, -0.2) is 0 Å². The lowest BCUT2D eigenvalue weighted by atomic mass is 9.81. The van der Waals surface area contributed by atoms with Crippen LogP contribution in [-0.2, 0) is 0 Å². The van der Waals surface area contributed by atoms with Gasteiger partial charge in [-0.2, -0.15) is 0 Å². The van der Waals surface area contributed by atoms with Crippen LogP contribution < -0.4 is 5.73 Å². The van der Waals surface area contributed by atoms with Gasteiger partial charge in [0.1, 0.15) is 11.5 Å². The average molecular weight is 258 g/mol. The Labute approximate surface area is 108 Å². The summed E-state index contributed by atoms with van der Waals surface area (Å²) >= 11 is 0. The van der Waals surface area contributed by atoms with Crippen LogP contribution in [-0.4, -0.2) is 10.2 Å². The highest BCUT2D eigenvalue weighted by Gasteiger charge is 2.23. The fourth-order valence-electron chi connectivity index (χ4n) is 2.56. The molecule has 0 aliphatic heterocycles. The second-order valence-corrected chi connectivity index (χ2v) is 4.67. The molecule has 4 heteroatoms. The van der Waals surface area contributed by atoms with Crippen LogP contribution in [0.5, 0.6) is 11.5 Å². The quantitative estimate of drug-likeness (QED) is 0.714. The van der Waals surface area contributed by atoms with Crippen molar-refractivity contribution in [1.82, 2.24) is 0 Å². The summed E-state index contributed by atoms with van der Waals surface area (Å²) in [7, 11) is 0. The summed E-state index contributed by atoms with van der Waals surface area (Å²) in [5.74, 6) is 0.788. The lowest BCUT2D eigenvalue weighted by Gasteiger charge is -2.28. The van der Waals surface area contributed by atoms with Crippen molar-refractivity contribution in [2.45, 2.75) is 38.1 Å². The predicted octanol–water partition coefficient (Wildman–Crippen LogP) is 3.10. The van der Waals surface area contributed by atoms with E-state index in [4.69, 9.17) is 5.73 Å². The molecule has 1 saturated carbocycles. The highest BCUT2D eigenvalue weighted by atomic mass is 35.5. The van der Waals surface area contributed by atoms with Crippen molar-refractivity contribution in [2.75, 3.05) is 0 Å². The molecule has 3 nitrogen and oxygen atoms in total. The lowest BCUT2D eigenvalue weighted by molar-refractivity contribution is 0.302. The molecule has 0 unspecified atom stereocenters. The molecule has 1 aromatic carbocycles. The molecular weight excluding hydrogens is 238 g/mol. The summed E-state index contributed by atoms with van der Waals surface area (Å²) in [5, 5.41) is 19.2. The van der Waals surface area contributed by atoms with Crippen molar-refractivity contribution in [3.63, 3.8) is 0 Å². The second kappa shape index (κ2) is 6.12. The SMILES string of the molecule is Cl.N[C@@H](c1cc(O)ccc1O)C1CCCCC1. The van der Waals surface area contributed by atoms with Crippen LogP contribution in [0.15, 0.2) is 18.2 Å². The maximum absolute atomic E-state index is 9.74. The van der Waals surface area contributed by atoms with Gasteiger partial charge in [-0.3, -0.25) is 0 Å². The van der Waals surface area contributed by atoms with Crippen molar-refractivity contribution in [3.8, 4) is 11.5 Å². The van der Waals surface area contributed by atoms with Crippen LogP contribution in [0.3, 0.4) is 0 Å². The fourth-order valence-corrected chi connectivity index (χ4v) is 2.56. The number of phenols is 2. The van der Waals surface area contributed by atoms with E-state index in [0.717, 1.165) is 12.8 Å². The van der Waals surface area contributed by atoms with Crippen LogP contribution >= 0.6 is 12.4 Å². The Balaban J connectivity index is 0.00000144. The molecule has 0 aromatic heterocycles. The molecule has 96 valence electrons. The van der Waals surface area contributed by atoms with Crippen LogP contribution in [0.4, 0.5) is 0 Å². The Kier molecular flexibility index (Phi) is 5.09. The molecular formula is C13H20ClNO2. The van der Waals surface area contributed by atoms with Gasteiger partial charge in [0.15, 0.2) is 0 Å².